The molecule has 0 spiro atoms. The molecule has 0 amide bonds. The van der Waals surface area contributed by atoms with Crippen LogP contribution in [0.15, 0.2) is 30.3 Å². The number of rotatable bonds is 13. The molecule has 0 N–H and O–H groups in total. The van der Waals surface area contributed by atoms with Crippen LogP contribution >= 0.6 is 0 Å². The maximum absolute atomic E-state index is 6.88. The summed E-state index contributed by atoms with van der Waals surface area (Å²) in [6.45, 7) is 29.8. The van der Waals surface area contributed by atoms with E-state index in [1.165, 1.54) is 5.56 Å². The second-order valence-corrected chi connectivity index (χ2v) is 21.0. The second-order valence-electron chi connectivity index (χ2n) is 11.8. The molecular formula is C26H50O3Si2. The zero-order valence-corrected chi connectivity index (χ0v) is 24.5. The summed E-state index contributed by atoms with van der Waals surface area (Å²) in [5, 5.41) is 0.349. The lowest BCUT2D eigenvalue weighted by atomic mass is 9.99. The SMILES string of the molecule is CC(C)C(C)(C)[Si](C)(C)OCC(COCc1ccccc1)O[Si](C)(C)C(C)(C)C(C)C. The van der Waals surface area contributed by atoms with E-state index in [2.05, 4.69) is 106 Å². The van der Waals surface area contributed by atoms with Gasteiger partial charge in [0.25, 0.3) is 0 Å². The Morgan fingerprint density at radius 2 is 1.23 bits per heavy atom. The maximum Gasteiger partial charge on any atom is 0.193 e. The Bertz CT molecular complexity index is 652. The smallest absolute Gasteiger partial charge is 0.193 e. The van der Waals surface area contributed by atoms with Crippen molar-refractivity contribution in [2.75, 3.05) is 13.2 Å². The number of hydrogen-bond donors (Lipinski definition) is 0. The summed E-state index contributed by atoms with van der Waals surface area (Å²) in [7, 11) is -3.92. The average Bonchev–Trinajstić information content (AvgIpc) is 2.66. The molecule has 0 aliphatic heterocycles. The Hall–Kier alpha value is -0.466. The van der Waals surface area contributed by atoms with E-state index < -0.39 is 16.6 Å². The first-order valence-electron chi connectivity index (χ1n) is 12.0. The van der Waals surface area contributed by atoms with E-state index in [0.717, 1.165) is 0 Å². The third-order valence-electron chi connectivity index (χ3n) is 8.50. The summed E-state index contributed by atoms with van der Waals surface area (Å²) in [4.78, 5) is 0. The fraction of sp³-hybridized carbons (Fsp3) is 0.769. The number of hydrogen-bond acceptors (Lipinski definition) is 3. The minimum atomic E-state index is -1.99. The molecule has 0 aliphatic carbocycles. The molecule has 1 aromatic rings. The van der Waals surface area contributed by atoms with Gasteiger partial charge in [-0.05, 0) is 53.7 Å². The highest BCUT2D eigenvalue weighted by molar-refractivity contribution is 6.74. The summed E-state index contributed by atoms with van der Waals surface area (Å²) < 4.78 is 19.7. The van der Waals surface area contributed by atoms with Crippen molar-refractivity contribution in [1.29, 1.82) is 0 Å². The lowest BCUT2D eigenvalue weighted by Gasteiger charge is -2.46. The third kappa shape index (κ3) is 7.53. The van der Waals surface area contributed by atoms with Crippen molar-refractivity contribution in [3.05, 3.63) is 35.9 Å². The fourth-order valence-electron chi connectivity index (χ4n) is 3.44. The third-order valence-corrected chi connectivity index (χ3v) is 17.7. The quantitative estimate of drug-likeness (QED) is 0.277. The van der Waals surface area contributed by atoms with Crippen molar-refractivity contribution in [3.63, 3.8) is 0 Å². The molecule has 1 unspecified atom stereocenters. The summed E-state index contributed by atoms with van der Waals surface area (Å²) in [5.74, 6) is 1.14. The molecule has 5 heteroatoms. The highest BCUT2D eigenvalue weighted by Crippen LogP contribution is 2.46. The van der Waals surface area contributed by atoms with Crippen LogP contribution in [-0.4, -0.2) is 36.0 Å². The molecule has 0 aliphatic rings. The van der Waals surface area contributed by atoms with Crippen molar-refractivity contribution >= 4 is 16.6 Å². The van der Waals surface area contributed by atoms with Crippen LogP contribution in [0.25, 0.3) is 0 Å². The number of benzene rings is 1. The molecule has 0 aromatic heterocycles. The Balaban J connectivity index is 2.93. The van der Waals surface area contributed by atoms with Gasteiger partial charge in [-0.25, -0.2) is 0 Å². The zero-order chi connectivity index (χ0) is 24.1. The first-order valence-corrected chi connectivity index (χ1v) is 17.8. The Labute approximate surface area is 195 Å². The van der Waals surface area contributed by atoms with Crippen LogP contribution in [0.3, 0.4) is 0 Å². The van der Waals surface area contributed by atoms with E-state index in [9.17, 15) is 0 Å². The van der Waals surface area contributed by atoms with E-state index in [1.807, 2.05) is 6.07 Å². The highest BCUT2D eigenvalue weighted by Gasteiger charge is 2.46. The van der Waals surface area contributed by atoms with E-state index in [-0.39, 0.29) is 16.2 Å². The van der Waals surface area contributed by atoms with Gasteiger partial charge in [0, 0.05) is 0 Å². The lowest BCUT2D eigenvalue weighted by Crippen LogP contribution is -2.51. The minimum absolute atomic E-state index is 0.0434. The van der Waals surface area contributed by atoms with Gasteiger partial charge >= 0.3 is 0 Å². The first-order chi connectivity index (χ1) is 14.0. The van der Waals surface area contributed by atoms with Gasteiger partial charge in [0.1, 0.15) is 0 Å². The first kappa shape index (κ1) is 28.6. The average molecular weight is 467 g/mol. The summed E-state index contributed by atoms with van der Waals surface area (Å²) in [6, 6.07) is 10.4. The highest BCUT2D eigenvalue weighted by atomic mass is 28.4. The van der Waals surface area contributed by atoms with Gasteiger partial charge in [0.15, 0.2) is 16.6 Å². The Kier molecular flexibility index (Phi) is 10.2. The van der Waals surface area contributed by atoms with Crippen LogP contribution in [0.5, 0.6) is 0 Å². The van der Waals surface area contributed by atoms with Gasteiger partial charge in [-0.3, -0.25) is 0 Å². The largest absolute Gasteiger partial charge is 0.414 e. The van der Waals surface area contributed by atoms with Crippen molar-refractivity contribution in [2.45, 2.75) is 104 Å². The second kappa shape index (κ2) is 11.1. The van der Waals surface area contributed by atoms with E-state index in [1.54, 1.807) is 0 Å². The van der Waals surface area contributed by atoms with Gasteiger partial charge in [-0.15, -0.1) is 0 Å². The van der Waals surface area contributed by atoms with Gasteiger partial charge in [0.2, 0.25) is 0 Å². The molecule has 1 atom stereocenters. The summed E-state index contributed by atoms with van der Waals surface area (Å²) in [5.41, 5.74) is 1.19. The molecular weight excluding hydrogens is 416 g/mol. The van der Waals surface area contributed by atoms with Crippen LogP contribution in [0, 0.1) is 11.8 Å². The van der Waals surface area contributed by atoms with Crippen molar-refractivity contribution in [1.82, 2.24) is 0 Å². The molecule has 1 rings (SSSR count). The molecule has 0 saturated carbocycles. The molecule has 0 bridgehead atoms. The lowest BCUT2D eigenvalue weighted by molar-refractivity contribution is 0.00744. The Morgan fingerprint density at radius 3 is 1.71 bits per heavy atom. The van der Waals surface area contributed by atoms with Crippen LogP contribution in [-0.2, 0) is 20.2 Å². The van der Waals surface area contributed by atoms with E-state index >= 15 is 0 Å². The topological polar surface area (TPSA) is 27.7 Å². The standard InChI is InChI=1S/C26H50O3Si2/c1-21(2)25(5,6)30(9,10)28-20-24(19-27-18-23-16-14-13-15-17-23)29-31(11,12)26(7,8)22(3)4/h13-17,21-22,24H,18-20H2,1-12H3. The van der Waals surface area contributed by atoms with Gasteiger partial charge in [0.05, 0.1) is 25.9 Å². The number of ether oxygens (including phenoxy) is 1. The zero-order valence-electron chi connectivity index (χ0n) is 22.5. The van der Waals surface area contributed by atoms with Gasteiger partial charge in [-0.2, -0.15) is 0 Å². The predicted octanol–water partition coefficient (Wildman–Crippen LogP) is 7.89. The fourth-order valence-corrected chi connectivity index (χ4v) is 8.47. The van der Waals surface area contributed by atoms with Crippen molar-refractivity contribution < 1.29 is 13.6 Å². The normalized spacial score (nSPS) is 15.0. The van der Waals surface area contributed by atoms with Gasteiger partial charge < -0.3 is 13.6 Å². The minimum Gasteiger partial charge on any atom is -0.414 e. The monoisotopic (exact) mass is 466 g/mol. The van der Waals surface area contributed by atoms with Crippen LogP contribution < -0.4 is 0 Å². The molecule has 1 aromatic carbocycles. The Morgan fingerprint density at radius 1 is 0.742 bits per heavy atom. The van der Waals surface area contributed by atoms with E-state index in [4.69, 9.17) is 13.6 Å². The van der Waals surface area contributed by atoms with Crippen molar-refractivity contribution in [3.8, 4) is 0 Å². The summed E-state index contributed by atoms with van der Waals surface area (Å²) >= 11 is 0. The molecule has 0 heterocycles. The van der Waals surface area contributed by atoms with E-state index in [0.29, 0.717) is 31.7 Å². The van der Waals surface area contributed by atoms with Gasteiger partial charge in [-0.1, -0.05) is 85.7 Å². The van der Waals surface area contributed by atoms with Crippen LogP contribution in [0.2, 0.25) is 36.3 Å². The molecule has 0 fully saturated rings. The molecule has 0 radical (unpaired) electrons. The molecule has 180 valence electrons. The van der Waals surface area contributed by atoms with Crippen molar-refractivity contribution in [2.24, 2.45) is 11.8 Å². The maximum atomic E-state index is 6.88. The molecule has 3 nitrogen and oxygen atoms in total. The van der Waals surface area contributed by atoms with Crippen LogP contribution in [0.1, 0.15) is 61.0 Å². The summed E-state index contributed by atoms with van der Waals surface area (Å²) in [6.07, 6.45) is -0.0434. The predicted molar refractivity (Wildman–Crippen MR) is 140 cm³/mol. The van der Waals surface area contributed by atoms with Crippen LogP contribution in [0.4, 0.5) is 0 Å². The molecule has 31 heavy (non-hydrogen) atoms. The molecule has 0 saturated heterocycles.